The minimum absolute atomic E-state index is 0.208. The molecule has 2 aliphatic carbocycles. The molecule has 0 radical (unpaired) electrons. The van der Waals surface area contributed by atoms with Gasteiger partial charge in [-0.05, 0) is 32.1 Å². The first-order valence-corrected chi connectivity index (χ1v) is 6.41. The van der Waals surface area contributed by atoms with E-state index < -0.39 is 5.97 Å². The molecule has 90 valence electrons. The van der Waals surface area contributed by atoms with Crippen molar-refractivity contribution in [3.05, 3.63) is 12.2 Å². The Balaban J connectivity index is 2.02. The third kappa shape index (κ3) is 2.85. The zero-order valence-electron chi connectivity index (χ0n) is 9.77. The number of hydrogen-bond donors (Lipinski definition) is 1. The number of carbonyl (C=O) groups is 1. The molecule has 0 spiro atoms. The highest BCUT2D eigenvalue weighted by Gasteiger charge is 2.29. The van der Waals surface area contributed by atoms with E-state index in [1.165, 1.54) is 32.1 Å². The Labute approximate surface area is 97.1 Å². The molecule has 0 amide bonds. The summed E-state index contributed by atoms with van der Waals surface area (Å²) in [5.41, 5.74) is 0. The highest BCUT2D eigenvalue weighted by molar-refractivity contribution is 5.69. The number of allylic oxidation sites excluding steroid dienone is 1. The van der Waals surface area contributed by atoms with E-state index in [4.69, 9.17) is 5.11 Å². The van der Waals surface area contributed by atoms with Gasteiger partial charge in [0.25, 0.3) is 0 Å². The van der Waals surface area contributed by atoms with Crippen LogP contribution in [0.2, 0.25) is 0 Å². The number of rotatable bonds is 4. The first kappa shape index (κ1) is 11.6. The van der Waals surface area contributed by atoms with Crippen molar-refractivity contribution >= 4 is 5.97 Å². The molecule has 1 fully saturated rings. The summed E-state index contributed by atoms with van der Waals surface area (Å²) in [4.78, 5) is 13.2. The molecular weight excluding hydrogens is 202 g/mol. The van der Waals surface area contributed by atoms with Crippen molar-refractivity contribution in [1.82, 2.24) is 4.90 Å². The van der Waals surface area contributed by atoms with Crippen molar-refractivity contribution in [1.29, 1.82) is 0 Å². The van der Waals surface area contributed by atoms with Crippen LogP contribution in [0.3, 0.4) is 0 Å². The van der Waals surface area contributed by atoms with Crippen LogP contribution in [0.5, 0.6) is 0 Å². The topological polar surface area (TPSA) is 40.5 Å². The van der Waals surface area contributed by atoms with Crippen molar-refractivity contribution in [2.24, 2.45) is 0 Å². The van der Waals surface area contributed by atoms with Crippen LogP contribution in [-0.2, 0) is 4.79 Å². The van der Waals surface area contributed by atoms with Crippen molar-refractivity contribution in [3.63, 3.8) is 0 Å². The molecule has 1 atom stereocenters. The third-order valence-corrected chi connectivity index (χ3v) is 3.77. The fraction of sp³-hybridized carbons (Fsp3) is 0.769. The molecule has 0 aliphatic heterocycles. The van der Waals surface area contributed by atoms with Crippen LogP contribution in [0.15, 0.2) is 12.2 Å². The molecular formula is C13H21NO2. The summed E-state index contributed by atoms with van der Waals surface area (Å²) in [6.07, 6.45) is 12.8. The van der Waals surface area contributed by atoms with Crippen LogP contribution in [0.4, 0.5) is 0 Å². The molecule has 0 aromatic rings. The molecule has 0 aromatic heterocycles. The Bertz CT molecular complexity index is 269. The monoisotopic (exact) mass is 223 g/mol. The number of hydrogen-bond acceptors (Lipinski definition) is 2. The van der Waals surface area contributed by atoms with Crippen molar-refractivity contribution in [2.75, 3.05) is 6.54 Å². The number of carboxylic acids is 1. The zero-order chi connectivity index (χ0) is 11.4. The molecule has 0 bridgehead atoms. The maximum atomic E-state index is 10.9. The van der Waals surface area contributed by atoms with Crippen molar-refractivity contribution in [3.8, 4) is 0 Å². The van der Waals surface area contributed by atoms with E-state index in [0.29, 0.717) is 12.1 Å². The van der Waals surface area contributed by atoms with Crippen LogP contribution >= 0.6 is 0 Å². The molecule has 0 aromatic carbocycles. The molecule has 1 unspecified atom stereocenters. The van der Waals surface area contributed by atoms with Crippen molar-refractivity contribution in [2.45, 2.75) is 57.0 Å². The average Bonchev–Trinajstić information content (AvgIpc) is 2.80. The lowest BCUT2D eigenvalue weighted by Gasteiger charge is -2.35. The van der Waals surface area contributed by atoms with E-state index >= 15 is 0 Å². The summed E-state index contributed by atoms with van der Waals surface area (Å²) in [7, 11) is 0. The minimum atomic E-state index is -0.689. The predicted molar refractivity (Wildman–Crippen MR) is 63.4 cm³/mol. The van der Waals surface area contributed by atoms with Gasteiger partial charge in [0.15, 0.2) is 0 Å². The summed E-state index contributed by atoms with van der Waals surface area (Å²) in [5, 5.41) is 9.01. The normalized spacial score (nSPS) is 26.4. The third-order valence-electron chi connectivity index (χ3n) is 3.77. The van der Waals surface area contributed by atoms with E-state index in [2.05, 4.69) is 17.1 Å². The molecule has 3 heteroatoms. The van der Waals surface area contributed by atoms with Gasteiger partial charge < -0.3 is 5.11 Å². The second-order valence-corrected chi connectivity index (χ2v) is 4.93. The molecule has 1 saturated carbocycles. The Morgan fingerprint density at radius 3 is 2.56 bits per heavy atom. The second-order valence-electron chi connectivity index (χ2n) is 4.93. The Morgan fingerprint density at radius 1 is 1.25 bits per heavy atom. The van der Waals surface area contributed by atoms with Gasteiger partial charge in [0, 0.05) is 12.1 Å². The maximum Gasteiger partial charge on any atom is 0.317 e. The average molecular weight is 223 g/mol. The van der Waals surface area contributed by atoms with Crippen LogP contribution in [0.1, 0.15) is 44.9 Å². The number of aliphatic carboxylic acids is 1. The molecule has 0 saturated heterocycles. The summed E-state index contributed by atoms with van der Waals surface area (Å²) < 4.78 is 0. The summed E-state index contributed by atoms with van der Waals surface area (Å²) in [6.45, 7) is 0.208. The lowest BCUT2D eigenvalue weighted by Crippen LogP contribution is -2.44. The molecule has 0 heterocycles. The first-order valence-electron chi connectivity index (χ1n) is 6.41. The van der Waals surface area contributed by atoms with Gasteiger partial charge in [0.1, 0.15) is 0 Å². The second kappa shape index (κ2) is 5.48. The quantitative estimate of drug-likeness (QED) is 0.744. The Hall–Kier alpha value is -0.830. The van der Waals surface area contributed by atoms with Gasteiger partial charge in [-0.1, -0.05) is 25.0 Å². The Morgan fingerprint density at radius 2 is 2.00 bits per heavy atom. The van der Waals surface area contributed by atoms with E-state index in [1.54, 1.807) is 0 Å². The largest absolute Gasteiger partial charge is 0.480 e. The predicted octanol–water partition coefficient (Wildman–Crippen LogP) is 2.42. The van der Waals surface area contributed by atoms with Crippen LogP contribution in [0.25, 0.3) is 0 Å². The smallest absolute Gasteiger partial charge is 0.317 e. The lowest BCUT2D eigenvalue weighted by molar-refractivity contribution is -0.139. The molecule has 1 N–H and O–H groups in total. The summed E-state index contributed by atoms with van der Waals surface area (Å²) in [6, 6.07) is 0.872. The number of carboxylic acid groups (broad SMARTS) is 1. The molecule has 3 nitrogen and oxygen atoms in total. The van der Waals surface area contributed by atoms with Gasteiger partial charge in [0.2, 0.25) is 0 Å². The van der Waals surface area contributed by atoms with Gasteiger partial charge in [-0.3, -0.25) is 9.69 Å². The zero-order valence-corrected chi connectivity index (χ0v) is 9.77. The van der Waals surface area contributed by atoms with Crippen LogP contribution < -0.4 is 0 Å². The minimum Gasteiger partial charge on any atom is -0.480 e. The highest BCUT2D eigenvalue weighted by atomic mass is 16.4. The van der Waals surface area contributed by atoms with Gasteiger partial charge in [-0.2, -0.15) is 0 Å². The van der Waals surface area contributed by atoms with Crippen LogP contribution in [-0.4, -0.2) is 34.6 Å². The first-order chi connectivity index (χ1) is 7.77. The fourth-order valence-corrected chi connectivity index (χ4v) is 2.98. The summed E-state index contributed by atoms with van der Waals surface area (Å²) >= 11 is 0. The highest BCUT2D eigenvalue weighted by Crippen LogP contribution is 2.28. The lowest BCUT2D eigenvalue weighted by atomic mass is 9.99. The van der Waals surface area contributed by atoms with Crippen LogP contribution in [0, 0.1) is 0 Å². The van der Waals surface area contributed by atoms with Crippen molar-refractivity contribution < 1.29 is 9.90 Å². The van der Waals surface area contributed by atoms with Gasteiger partial charge in [-0.15, -0.1) is 0 Å². The molecule has 16 heavy (non-hydrogen) atoms. The maximum absolute atomic E-state index is 10.9. The van der Waals surface area contributed by atoms with E-state index in [1.807, 2.05) is 0 Å². The van der Waals surface area contributed by atoms with Gasteiger partial charge in [0.05, 0.1) is 6.54 Å². The SMILES string of the molecule is O=C(O)CN(C1C=CCCC1)C1CCCC1. The molecule has 2 aliphatic rings. The number of nitrogens with zero attached hydrogens (tertiary/aromatic N) is 1. The van der Waals surface area contributed by atoms with E-state index in [9.17, 15) is 4.79 Å². The Kier molecular flexibility index (Phi) is 3.99. The van der Waals surface area contributed by atoms with Gasteiger partial charge in [-0.25, -0.2) is 0 Å². The fourth-order valence-electron chi connectivity index (χ4n) is 2.98. The standard InChI is InChI=1S/C13H21NO2/c15-13(16)10-14(12-8-4-5-9-12)11-6-2-1-3-7-11/h2,6,11-12H,1,3-5,7-10H2,(H,15,16). The summed E-state index contributed by atoms with van der Waals surface area (Å²) in [5.74, 6) is -0.689. The van der Waals surface area contributed by atoms with E-state index in [-0.39, 0.29) is 6.54 Å². The van der Waals surface area contributed by atoms with E-state index in [0.717, 1.165) is 12.8 Å². The molecule has 2 rings (SSSR count). The van der Waals surface area contributed by atoms with Gasteiger partial charge >= 0.3 is 5.97 Å².